The molecule has 264 valence electrons. The van der Waals surface area contributed by atoms with Gasteiger partial charge in [-0.1, -0.05) is 49.4 Å². The first-order valence-corrected chi connectivity index (χ1v) is 16.2. The number of alkyl halides is 3. The van der Waals surface area contributed by atoms with Crippen LogP contribution in [0.3, 0.4) is 0 Å². The summed E-state index contributed by atoms with van der Waals surface area (Å²) in [7, 11) is 1.94. The van der Waals surface area contributed by atoms with Gasteiger partial charge in [-0.25, -0.2) is 4.39 Å². The summed E-state index contributed by atoms with van der Waals surface area (Å²) in [6, 6.07) is 23.4. The van der Waals surface area contributed by atoms with Crippen molar-refractivity contribution < 1.29 is 41.7 Å². The molecular weight excluding hydrogens is 654 g/mol. The van der Waals surface area contributed by atoms with Crippen molar-refractivity contribution in [3.63, 3.8) is 0 Å². The molecule has 50 heavy (non-hydrogen) atoms. The van der Waals surface area contributed by atoms with Gasteiger partial charge in [-0.3, -0.25) is 14.5 Å². The fourth-order valence-electron chi connectivity index (χ4n) is 5.77. The number of likely N-dealkylation sites (N-methyl/N-ethyl adjacent to an activating group) is 1. The van der Waals surface area contributed by atoms with E-state index in [4.69, 9.17) is 9.47 Å². The highest BCUT2D eigenvalue weighted by molar-refractivity contribution is 6.02. The van der Waals surface area contributed by atoms with E-state index in [-0.39, 0.29) is 35.1 Å². The number of benzene rings is 4. The molecule has 1 unspecified atom stereocenters. The maximum absolute atomic E-state index is 14.5. The molecule has 0 radical (unpaired) electrons. The van der Waals surface area contributed by atoms with Crippen LogP contribution in [0.4, 0.5) is 23.2 Å². The Kier molecular flexibility index (Phi) is 11.4. The lowest BCUT2D eigenvalue weighted by Crippen LogP contribution is -2.49. The third-order valence-electron chi connectivity index (χ3n) is 8.54. The van der Waals surface area contributed by atoms with Gasteiger partial charge in [0.25, 0.3) is 5.91 Å². The van der Waals surface area contributed by atoms with Crippen molar-refractivity contribution in [2.24, 2.45) is 5.92 Å². The van der Waals surface area contributed by atoms with E-state index in [1.807, 2.05) is 68.6 Å². The lowest BCUT2D eigenvalue weighted by atomic mass is 9.98. The number of rotatable bonds is 11. The molecule has 4 aromatic carbocycles. The molecule has 0 saturated heterocycles. The number of aliphatic hydroxyl groups is 1. The number of fused-ring (bicyclic) bond motifs is 1. The molecule has 1 heterocycles. The van der Waals surface area contributed by atoms with Crippen molar-refractivity contribution in [1.82, 2.24) is 9.80 Å². The first kappa shape index (κ1) is 36.3. The third-order valence-corrected chi connectivity index (χ3v) is 8.54. The SMILES string of the molecule is CC(CO)N1C[C@@H](C)[C@@H](CN(C)Cc2ccc(Oc3ccccc3)cc2)Oc2c(NC(=O)Cc3ccc(C(F)(F)F)cc3F)cccc2C1=O. The van der Waals surface area contributed by atoms with Crippen molar-refractivity contribution >= 4 is 17.5 Å². The number of hydrogen-bond acceptors (Lipinski definition) is 6. The van der Waals surface area contributed by atoms with Crippen LogP contribution in [-0.2, 0) is 23.9 Å². The molecule has 1 aliphatic rings. The van der Waals surface area contributed by atoms with Crippen LogP contribution in [0.25, 0.3) is 0 Å². The summed E-state index contributed by atoms with van der Waals surface area (Å²) in [6.07, 6.45) is -5.75. The molecule has 3 atom stereocenters. The highest BCUT2D eigenvalue weighted by atomic mass is 19.4. The number of aliphatic hydroxyl groups excluding tert-OH is 1. The van der Waals surface area contributed by atoms with E-state index in [1.165, 1.54) is 0 Å². The topological polar surface area (TPSA) is 91.3 Å². The fourth-order valence-corrected chi connectivity index (χ4v) is 5.77. The van der Waals surface area contributed by atoms with Crippen LogP contribution in [0, 0.1) is 11.7 Å². The molecule has 2 amide bonds. The van der Waals surface area contributed by atoms with Gasteiger partial charge in [-0.05, 0) is 73.6 Å². The van der Waals surface area contributed by atoms with E-state index in [0.717, 1.165) is 23.4 Å². The Labute approximate surface area is 288 Å². The summed E-state index contributed by atoms with van der Waals surface area (Å²) < 4.78 is 66.1. The van der Waals surface area contributed by atoms with E-state index in [0.29, 0.717) is 31.5 Å². The molecule has 2 N–H and O–H groups in total. The van der Waals surface area contributed by atoms with Crippen LogP contribution in [0.2, 0.25) is 0 Å². The van der Waals surface area contributed by atoms with Crippen LogP contribution in [-0.4, -0.2) is 65.6 Å². The molecule has 0 fully saturated rings. The second-order valence-electron chi connectivity index (χ2n) is 12.6. The van der Waals surface area contributed by atoms with Crippen LogP contribution >= 0.6 is 0 Å². The van der Waals surface area contributed by atoms with Gasteiger partial charge in [0.15, 0.2) is 5.75 Å². The first-order chi connectivity index (χ1) is 23.8. The van der Waals surface area contributed by atoms with Gasteiger partial charge in [-0.2, -0.15) is 13.2 Å². The van der Waals surface area contributed by atoms with Crippen LogP contribution in [0.5, 0.6) is 17.2 Å². The lowest BCUT2D eigenvalue weighted by molar-refractivity contribution is -0.137. The Hall–Kier alpha value is -4.94. The number of amides is 2. The zero-order chi connectivity index (χ0) is 36.0. The molecule has 0 bridgehead atoms. The second-order valence-corrected chi connectivity index (χ2v) is 12.6. The quantitative estimate of drug-likeness (QED) is 0.162. The molecular formula is C38H39F4N3O5. The molecule has 0 aliphatic carbocycles. The fraction of sp³-hybridized carbons (Fsp3) is 0.316. The summed E-state index contributed by atoms with van der Waals surface area (Å²) in [4.78, 5) is 30.6. The van der Waals surface area contributed by atoms with Gasteiger partial charge in [0.05, 0.1) is 35.9 Å². The van der Waals surface area contributed by atoms with E-state index < -0.39 is 47.9 Å². The Morgan fingerprint density at radius 3 is 2.40 bits per heavy atom. The maximum atomic E-state index is 14.5. The predicted molar refractivity (Wildman–Crippen MR) is 181 cm³/mol. The van der Waals surface area contributed by atoms with Gasteiger partial charge >= 0.3 is 6.18 Å². The van der Waals surface area contributed by atoms with E-state index in [1.54, 1.807) is 30.0 Å². The normalized spacial score (nSPS) is 17.0. The minimum atomic E-state index is -4.73. The largest absolute Gasteiger partial charge is 0.486 e. The highest BCUT2D eigenvalue weighted by Crippen LogP contribution is 2.36. The highest BCUT2D eigenvalue weighted by Gasteiger charge is 2.35. The standard InChI is InChI=1S/C38H39F4N3O5/c1-24-20-45(25(2)23-46)37(48)31-10-7-11-33(43-35(47)18-27-14-15-28(19-32(27)39)38(40,41)42)36(31)50-34(24)22-44(3)21-26-12-16-30(17-13-26)49-29-8-5-4-6-9-29/h4-17,19,24-25,34,46H,18,20-23H2,1-3H3,(H,43,47)/t24-,25?,34-/m1/s1. The van der Waals surface area contributed by atoms with E-state index in [2.05, 4.69) is 10.2 Å². The average molecular weight is 694 g/mol. The summed E-state index contributed by atoms with van der Waals surface area (Å²) in [5.74, 6) is -0.932. The molecule has 12 heteroatoms. The van der Waals surface area contributed by atoms with Crippen LogP contribution in [0.15, 0.2) is 91.0 Å². The number of hydrogen-bond donors (Lipinski definition) is 2. The number of carbonyl (C=O) groups is 2. The summed E-state index contributed by atoms with van der Waals surface area (Å²) in [5, 5.41) is 12.7. The number of carbonyl (C=O) groups excluding carboxylic acids is 2. The number of nitrogens with one attached hydrogen (secondary N) is 1. The Balaban J connectivity index is 1.35. The van der Waals surface area contributed by atoms with Gasteiger partial charge in [0, 0.05) is 25.6 Å². The average Bonchev–Trinajstić information content (AvgIpc) is 3.08. The molecule has 1 aliphatic heterocycles. The second kappa shape index (κ2) is 15.7. The molecule has 5 rings (SSSR count). The monoisotopic (exact) mass is 693 g/mol. The van der Waals surface area contributed by atoms with E-state index in [9.17, 15) is 32.3 Å². The van der Waals surface area contributed by atoms with Crippen molar-refractivity contribution in [2.45, 2.75) is 45.1 Å². The van der Waals surface area contributed by atoms with Crippen molar-refractivity contribution in [1.29, 1.82) is 0 Å². The number of nitrogens with zero attached hydrogens (tertiary/aromatic N) is 2. The van der Waals surface area contributed by atoms with Gasteiger partial charge in [0.2, 0.25) is 5.91 Å². The maximum Gasteiger partial charge on any atom is 0.416 e. The number of anilines is 1. The summed E-state index contributed by atoms with van der Waals surface area (Å²) in [6.45, 7) is 4.71. The predicted octanol–water partition coefficient (Wildman–Crippen LogP) is 7.17. The number of para-hydroxylation sites is 2. The molecule has 0 saturated carbocycles. The van der Waals surface area contributed by atoms with Crippen molar-refractivity contribution in [3.05, 3.63) is 119 Å². The Bertz CT molecular complexity index is 1790. The first-order valence-electron chi connectivity index (χ1n) is 16.2. The molecule has 0 aromatic heterocycles. The van der Waals surface area contributed by atoms with E-state index >= 15 is 0 Å². The van der Waals surface area contributed by atoms with Crippen LogP contribution < -0.4 is 14.8 Å². The number of halogens is 4. The third kappa shape index (κ3) is 8.99. The zero-order valence-corrected chi connectivity index (χ0v) is 27.9. The zero-order valence-electron chi connectivity index (χ0n) is 27.9. The van der Waals surface area contributed by atoms with Gasteiger partial charge in [0.1, 0.15) is 23.4 Å². The molecule has 4 aromatic rings. The Morgan fingerprint density at radius 1 is 1.04 bits per heavy atom. The van der Waals surface area contributed by atoms with Gasteiger partial charge < -0.3 is 24.8 Å². The molecule has 8 nitrogen and oxygen atoms in total. The summed E-state index contributed by atoms with van der Waals surface area (Å²) >= 11 is 0. The van der Waals surface area contributed by atoms with Crippen molar-refractivity contribution in [3.8, 4) is 17.2 Å². The lowest BCUT2D eigenvalue weighted by Gasteiger charge is -2.38. The summed E-state index contributed by atoms with van der Waals surface area (Å²) in [5.41, 5.74) is -0.0303. The minimum Gasteiger partial charge on any atom is -0.486 e. The van der Waals surface area contributed by atoms with Crippen LogP contribution in [0.1, 0.15) is 40.9 Å². The smallest absolute Gasteiger partial charge is 0.416 e. The molecule has 0 spiro atoms. The van der Waals surface area contributed by atoms with Crippen molar-refractivity contribution in [2.75, 3.05) is 32.1 Å². The number of ether oxygens (including phenoxy) is 2. The van der Waals surface area contributed by atoms with Gasteiger partial charge in [-0.15, -0.1) is 0 Å². The minimum absolute atomic E-state index is 0.112. The Morgan fingerprint density at radius 2 is 1.74 bits per heavy atom.